The summed E-state index contributed by atoms with van der Waals surface area (Å²) in [5, 5.41) is 12.4. The lowest BCUT2D eigenvalue weighted by Crippen LogP contribution is -2.51. The van der Waals surface area contributed by atoms with E-state index < -0.39 is 30.3 Å². The molecule has 3 saturated heterocycles. The number of aliphatic hydroxyl groups is 1. The van der Waals surface area contributed by atoms with E-state index in [9.17, 15) is 27.9 Å². The quantitative estimate of drug-likeness (QED) is 0.219. The van der Waals surface area contributed by atoms with Crippen LogP contribution in [0, 0.1) is 5.92 Å². The van der Waals surface area contributed by atoms with Crippen LogP contribution < -0.4 is 10.2 Å². The molecule has 4 heterocycles. The number of benzene rings is 3. The van der Waals surface area contributed by atoms with E-state index in [1.165, 1.54) is 0 Å². The van der Waals surface area contributed by atoms with Crippen LogP contribution in [0.25, 0.3) is 11.1 Å². The molecule has 5 atom stereocenters. The number of aromatic nitrogens is 2. The average molecular weight is 759 g/mol. The molecule has 0 unspecified atom stereocenters. The van der Waals surface area contributed by atoms with Crippen LogP contribution in [0.4, 0.5) is 19.1 Å². The Morgan fingerprint density at radius 1 is 0.855 bits per heavy atom. The van der Waals surface area contributed by atoms with E-state index in [0.717, 1.165) is 65.5 Å². The van der Waals surface area contributed by atoms with Crippen molar-refractivity contribution < 1.29 is 37.3 Å². The Balaban J connectivity index is 1.06. The number of alkyl halides is 3. The smallest absolute Gasteiger partial charge is 0.392 e. The van der Waals surface area contributed by atoms with E-state index in [4.69, 9.17) is 9.47 Å². The van der Waals surface area contributed by atoms with Crippen LogP contribution in [-0.4, -0.2) is 94.3 Å². The van der Waals surface area contributed by atoms with E-state index in [1.54, 1.807) is 12.4 Å². The molecule has 3 aromatic carbocycles. The summed E-state index contributed by atoms with van der Waals surface area (Å²) in [6.45, 7) is 6.09. The Kier molecular flexibility index (Phi) is 11.8. The van der Waals surface area contributed by atoms with Crippen LogP contribution >= 0.6 is 0 Å². The third kappa shape index (κ3) is 8.99. The number of carbonyl (C=O) groups is 2. The third-order valence-electron chi connectivity index (χ3n) is 10.7. The normalized spacial score (nSPS) is 23.5. The zero-order chi connectivity index (χ0) is 38.5. The van der Waals surface area contributed by atoms with Gasteiger partial charge in [0.2, 0.25) is 11.9 Å². The Morgan fingerprint density at radius 2 is 1.56 bits per heavy atom. The molecule has 2 amide bonds. The molecule has 0 bridgehead atoms. The highest BCUT2D eigenvalue weighted by atomic mass is 19.4. The number of anilines is 1. The summed E-state index contributed by atoms with van der Waals surface area (Å²) < 4.78 is 52.8. The number of nitrogens with one attached hydrogen (secondary N) is 1. The molecule has 3 fully saturated rings. The summed E-state index contributed by atoms with van der Waals surface area (Å²) >= 11 is 0. The summed E-state index contributed by atoms with van der Waals surface area (Å²) in [4.78, 5) is 38.9. The van der Waals surface area contributed by atoms with Crippen LogP contribution in [0.1, 0.15) is 54.4 Å². The van der Waals surface area contributed by atoms with Gasteiger partial charge in [-0.25, -0.2) is 9.97 Å². The topological polar surface area (TPSA) is 120 Å². The third-order valence-corrected chi connectivity index (χ3v) is 10.7. The number of rotatable bonds is 10. The van der Waals surface area contributed by atoms with Crippen molar-refractivity contribution in [2.75, 3.05) is 44.2 Å². The molecule has 2 N–H and O–H groups in total. The molecule has 11 nitrogen and oxygen atoms in total. The summed E-state index contributed by atoms with van der Waals surface area (Å²) in [6.07, 6.45) is -2.09. The van der Waals surface area contributed by atoms with Crippen LogP contribution in [0.2, 0.25) is 0 Å². The first-order chi connectivity index (χ1) is 26.6. The number of ether oxygens (including phenoxy) is 2. The van der Waals surface area contributed by atoms with Gasteiger partial charge in [0.05, 0.1) is 18.8 Å². The zero-order valence-corrected chi connectivity index (χ0v) is 30.6. The van der Waals surface area contributed by atoms with E-state index in [2.05, 4.69) is 32.0 Å². The number of amides is 2. The molecule has 0 radical (unpaired) electrons. The largest absolute Gasteiger partial charge is 0.471 e. The van der Waals surface area contributed by atoms with Crippen molar-refractivity contribution in [1.82, 2.24) is 25.1 Å². The maximum Gasteiger partial charge on any atom is 0.471 e. The van der Waals surface area contributed by atoms with Gasteiger partial charge in [0.25, 0.3) is 0 Å². The predicted molar refractivity (Wildman–Crippen MR) is 198 cm³/mol. The minimum atomic E-state index is -5.03. The van der Waals surface area contributed by atoms with Gasteiger partial charge in [0.1, 0.15) is 6.04 Å². The second-order valence-electron chi connectivity index (χ2n) is 14.4. The van der Waals surface area contributed by atoms with Gasteiger partial charge in [-0.05, 0) is 58.9 Å². The Hall–Kier alpha value is -4.89. The fraction of sp³-hybridized carbons (Fsp3) is 0.415. The van der Waals surface area contributed by atoms with Crippen LogP contribution in [0.5, 0.6) is 0 Å². The van der Waals surface area contributed by atoms with Gasteiger partial charge in [0, 0.05) is 69.7 Å². The lowest BCUT2D eigenvalue weighted by Gasteiger charge is -2.44. The lowest BCUT2D eigenvalue weighted by atomic mass is 9.89. The van der Waals surface area contributed by atoms with Gasteiger partial charge in [0.15, 0.2) is 6.29 Å². The summed E-state index contributed by atoms with van der Waals surface area (Å²) in [7, 11) is 0. The monoisotopic (exact) mass is 758 g/mol. The lowest BCUT2D eigenvalue weighted by molar-refractivity contribution is -0.276. The molecular formula is C41H45F3N6O5. The van der Waals surface area contributed by atoms with Crippen molar-refractivity contribution >= 4 is 17.8 Å². The van der Waals surface area contributed by atoms with Gasteiger partial charge in [-0.15, -0.1) is 0 Å². The highest BCUT2D eigenvalue weighted by Crippen LogP contribution is 2.42. The van der Waals surface area contributed by atoms with Gasteiger partial charge in [-0.1, -0.05) is 67.6 Å². The standard InChI is InChI=1S/C41H45F3N6O5/c1-27-35(25-48-18-20-49(21-19-48)40-45-15-5-16-46-40)54-38(55-36(27)30-13-11-28(26-51)12-14-30)33-9-3-8-32(23-33)31-7-2-6-29(22-31)24-47-37(52)34-10-4-17-50(34)39(53)41(42,43)44/h2-3,5-9,11-16,22-23,27,34-36,38,51H,4,10,17-21,24-26H2,1H3,(H,47,52)/t27-,34-,35+,36+,38+/m0/s1. The Labute approximate surface area is 318 Å². The number of nitrogens with zero attached hydrogens (tertiary/aromatic N) is 5. The molecule has 0 saturated carbocycles. The summed E-state index contributed by atoms with van der Waals surface area (Å²) in [5.74, 6) is -1.84. The number of piperazine rings is 1. The highest BCUT2D eigenvalue weighted by Gasteiger charge is 2.47. The molecule has 7 rings (SSSR count). The van der Waals surface area contributed by atoms with Crippen molar-refractivity contribution in [3.63, 3.8) is 0 Å². The molecular weight excluding hydrogens is 713 g/mol. The van der Waals surface area contributed by atoms with Gasteiger partial charge >= 0.3 is 12.1 Å². The molecule has 55 heavy (non-hydrogen) atoms. The first-order valence-corrected chi connectivity index (χ1v) is 18.7. The number of carbonyl (C=O) groups excluding carboxylic acids is 2. The van der Waals surface area contributed by atoms with E-state index in [-0.39, 0.29) is 44.2 Å². The van der Waals surface area contributed by atoms with Crippen LogP contribution in [0.3, 0.4) is 0 Å². The van der Waals surface area contributed by atoms with Gasteiger partial charge in [-0.2, -0.15) is 13.2 Å². The molecule has 3 aliphatic rings. The summed E-state index contributed by atoms with van der Waals surface area (Å²) in [6, 6.07) is 24.0. The maximum atomic E-state index is 13.1. The number of likely N-dealkylation sites (tertiary alicyclic amines) is 1. The highest BCUT2D eigenvalue weighted by molar-refractivity contribution is 5.90. The molecule has 0 spiro atoms. The number of aliphatic hydroxyl groups excluding tert-OH is 1. The SMILES string of the molecule is C[C@H]1[C@@H](CN2CCN(c3ncccn3)CC2)O[C@@H](c2cccc(-c3cccc(CNC(=O)[C@@H]4CCCN4C(=O)C(F)(F)F)c3)c2)O[C@H]1c1ccc(CO)cc1. The van der Waals surface area contributed by atoms with Crippen LogP contribution in [-0.2, 0) is 32.2 Å². The minimum absolute atomic E-state index is 0.0182. The summed E-state index contributed by atoms with van der Waals surface area (Å²) in [5.41, 5.74) is 5.19. The fourth-order valence-corrected chi connectivity index (χ4v) is 7.65. The first-order valence-electron chi connectivity index (χ1n) is 18.7. The molecule has 0 aliphatic carbocycles. The Bertz CT molecular complexity index is 1930. The van der Waals surface area contributed by atoms with E-state index in [1.807, 2.05) is 78.9 Å². The van der Waals surface area contributed by atoms with Crippen molar-refractivity contribution in [2.24, 2.45) is 5.92 Å². The predicted octanol–water partition coefficient (Wildman–Crippen LogP) is 5.42. The molecule has 1 aromatic heterocycles. The first kappa shape index (κ1) is 38.4. The van der Waals surface area contributed by atoms with Crippen molar-refractivity contribution in [3.05, 3.63) is 114 Å². The average Bonchev–Trinajstić information content (AvgIpc) is 3.71. The molecule has 290 valence electrons. The number of hydrogen-bond acceptors (Lipinski definition) is 9. The van der Waals surface area contributed by atoms with Crippen molar-refractivity contribution in [1.29, 1.82) is 0 Å². The number of hydrogen-bond donors (Lipinski definition) is 2. The fourth-order valence-electron chi connectivity index (χ4n) is 7.65. The Morgan fingerprint density at radius 3 is 2.27 bits per heavy atom. The van der Waals surface area contributed by atoms with E-state index >= 15 is 0 Å². The van der Waals surface area contributed by atoms with Crippen LogP contribution in [0.15, 0.2) is 91.3 Å². The molecule has 14 heteroatoms. The van der Waals surface area contributed by atoms with Crippen molar-refractivity contribution in [3.8, 4) is 11.1 Å². The van der Waals surface area contributed by atoms with Gasteiger partial charge < -0.3 is 29.7 Å². The maximum absolute atomic E-state index is 13.1. The number of halogens is 3. The molecule has 3 aliphatic heterocycles. The second-order valence-corrected chi connectivity index (χ2v) is 14.4. The second kappa shape index (κ2) is 16.9. The zero-order valence-electron chi connectivity index (χ0n) is 30.6. The van der Waals surface area contributed by atoms with Crippen molar-refractivity contribution in [2.45, 2.75) is 63.6 Å². The van der Waals surface area contributed by atoms with E-state index in [0.29, 0.717) is 17.9 Å². The minimum Gasteiger partial charge on any atom is -0.392 e. The van der Waals surface area contributed by atoms with Gasteiger partial charge in [-0.3, -0.25) is 14.5 Å². The molecule has 4 aromatic rings.